The molecule has 0 fully saturated rings. The van der Waals surface area contributed by atoms with Gasteiger partial charge < -0.3 is 4.74 Å². The summed E-state index contributed by atoms with van der Waals surface area (Å²) in [7, 11) is 1.58. The van der Waals surface area contributed by atoms with Crippen molar-refractivity contribution in [3.8, 4) is 17.0 Å². The molecule has 0 atom stereocenters. The molecular weight excluding hydrogens is 290 g/mol. The Balaban J connectivity index is 2.19. The maximum atomic E-state index is 12.0. The number of halogens is 1. The number of fused-ring (bicyclic) bond motifs is 1. The van der Waals surface area contributed by atoms with Crippen molar-refractivity contribution in [2.45, 2.75) is 6.92 Å². The molecule has 0 aliphatic rings. The zero-order valence-electron chi connectivity index (χ0n) is 11.5. The van der Waals surface area contributed by atoms with E-state index in [9.17, 15) is 4.79 Å². The van der Waals surface area contributed by atoms with Crippen LogP contribution in [0.25, 0.3) is 16.8 Å². The predicted molar refractivity (Wildman–Crippen MR) is 81.0 cm³/mol. The maximum Gasteiger partial charge on any atom is 0.276 e. The van der Waals surface area contributed by atoms with Gasteiger partial charge in [-0.3, -0.25) is 9.20 Å². The predicted octanol–water partition coefficient (Wildman–Crippen LogP) is 2.73. The highest BCUT2D eigenvalue weighted by atomic mass is 35.5. The van der Waals surface area contributed by atoms with Crippen LogP contribution in [-0.2, 0) is 0 Å². The minimum atomic E-state index is -0.290. The summed E-state index contributed by atoms with van der Waals surface area (Å²) in [6.07, 6.45) is 4.77. The lowest BCUT2D eigenvalue weighted by molar-refractivity contribution is 0.394. The van der Waals surface area contributed by atoms with Gasteiger partial charge in [0.05, 0.1) is 13.3 Å². The lowest BCUT2D eigenvalue weighted by Gasteiger charge is -2.08. The number of methoxy groups -OCH3 is 1. The number of aromatic nitrogens is 3. The molecule has 5 nitrogen and oxygen atoms in total. The molecule has 21 heavy (non-hydrogen) atoms. The van der Waals surface area contributed by atoms with Crippen molar-refractivity contribution in [3.63, 3.8) is 0 Å². The summed E-state index contributed by atoms with van der Waals surface area (Å²) >= 11 is 5.83. The normalized spacial score (nSPS) is 10.8. The zero-order chi connectivity index (χ0) is 15.0. The summed E-state index contributed by atoms with van der Waals surface area (Å²) in [6, 6.07) is 5.61. The Kier molecular flexibility index (Phi) is 3.35. The van der Waals surface area contributed by atoms with Crippen molar-refractivity contribution in [2.75, 3.05) is 7.11 Å². The van der Waals surface area contributed by atoms with Crippen molar-refractivity contribution in [2.24, 2.45) is 0 Å². The van der Waals surface area contributed by atoms with Crippen LogP contribution >= 0.6 is 11.6 Å². The number of hydrogen-bond acceptors (Lipinski definition) is 4. The van der Waals surface area contributed by atoms with Gasteiger partial charge in [-0.1, -0.05) is 11.6 Å². The van der Waals surface area contributed by atoms with Gasteiger partial charge in [0, 0.05) is 29.1 Å². The van der Waals surface area contributed by atoms with E-state index in [2.05, 4.69) is 9.97 Å². The van der Waals surface area contributed by atoms with E-state index in [-0.39, 0.29) is 10.6 Å². The van der Waals surface area contributed by atoms with Crippen LogP contribution in [-0.4, -0.2) is 21.5 Å². The van der Waals surface area contributed by atoms with Crippen molar-refractivity contribution >= 4 is 17.2 Å². The first kappa shape index (κ1) is 13.6. The van der Waals surface area contributed by atoms with Crippen LogP contribution in [0.1, 0.15) is 5.56 Å². The summed E-state index contributed by atoms with van der Waals surface area (Å²) in [5, 5.41) is 0.0914. The third kappa shape index (κ3) is 2.36. The Bertz CT molecular complexity index is 890. The number of rotatable bonds is 2. The first-order chi connectivity index (χ1) is 10.1. The largest absolute Gasteiger partial charge is 0.481 e. The van der Waals surface area contributed by atoms with Crippen LogP contribution in [0.2, 0.25) is 5.02 Å². The van der Waals surface area contributed by atoms with E-state index in [0.717, 1.165) is 16.7 Å². The monoisotopic (exact) mass is 301 g/mol. The van der Waals surface area contributed by atoms with E-state index in [1.165, 1.54) is 10.6 Å². The molecule has 0 N–H and O–H groups in total. The van der Waals surface area contributed by atoms with E-state index in [4.69, 9.17) is 16.3 Å². The molecule has 0 aliphatic carbocycles. The van der Waals surface area contributed by atoms with Crippen LogP contribution < -0.4 is 10.3 Å². The summed E-state index contributed by atoms with van der Waals surface area (Å²) in [5.41, 5.74) is 2.92. The average Bonchev–Trinajstić information content (AvgIpc) is 2.50. The smallest absolute Gasteiger partial charge is 0.276 e. The van der Waals surface area contributed by atoms with Gasteiger partial charge in [-0.05, 0) is 25.1 Å². The van der Waals surface area contributed by atoms with Crippen molar-refractivity contribution in [1.82, 2.24) is 14.4 Å². The second kappa shape index (κ2) is 5.18. The average molecular weight is 302 g/mol. The minimum Gasteiger partial charge on any atom is -0.481 e. The van der Waals surface area contributed by atoms with Gasteiger partial charge in [0.25, 0.3) is 5.56 Å². The fraction of sp³-hybridized carbons (Fsp3) is 0.133. The summed E-state index contributed by atoms with van der Waals surface area (Å²) in [6.45, 7) is 1.92. The number of nitrogens with zero attached hydrogens (tertiary/aromatic N) is 3. The Morgan fingerprint density at radius 3 is 2.71 bits per heavy atom. The summed E-state index contributed by atoms with van der Waals surface area (Å²) in [5.74, 6) is 0.585. The van der Waals surface area contributed by atoms with Gasteiger partial charge in [-0.15, -0.1) is 0 Å². The summed E-state index contributed by atoms with van der Waals surface area (Å²) < 4.78 is 6.57. The second-order valence-corrected chi connectivity index (χ2v) is 5.01. The fourth-order valence-electron chi connectivity index (χ4n) is 2.16. The molecule has 3 rings (SSSR count). The Morgan fingerprint density at radius 1 is 1.19 bits per heavy atom. The number of pyridine rings is 2. The quantitative estimate of drug-likeness (QED) is 0.730. The maximum absolute atomic E-state index is 12.0. The number of hydrogen-bond donors (Lipinski definition) is 0. The Hall–Kier alpha value is -2.40. The highest BCUT2D eigenvalue weighted by Gasteiger charge is 2.07. The first-order valence-electron chi connectivity index (χ1n) is 6.28. The van der Waals surface area contributed by atoms with Crippen molar-refractivity contribution < 1.29 is 4.74 Å². The molecular formula is C15H12ClN3O2. The van der Waals surface area contributed by atoms with E-state index >= 15 is 0 Å². The first-order valence-corrected chi connectivity index (χ1v) is 6.66. The lowest BCUT2D eigenvalue weighted by atomic mass is 10.1. The van der Waals surface area contributed by atoms with Crippen LogP contribution in [0.3, 0.4) is 0 Å². The third-order valence-electron chi connectivity index (χ3n) is 3.22. The number of ether oxygens (including phenoxy) is 1. The molecule has 0 radical (unpaired) electrons. The SMILES string of the molecule is COc1ncc(-c2ccc3ncc(Cl)c(=O)n3c2)cc1C. The van der Waals surface area contributed by atoms with E-state index in [0.29, 0.717) is 11.5 Å². The standard InChI is InChI=1S/C15H12ClN3O2/c1-9-5-11(6-18-14(9)21-2)10-3-4-13-17-7-12(16)15(20)19(13)8-10/h3-8H,1-2H3. The molecule has 0 saturated heterocycles. The molecule has 0 spiro atoms. The molecule has 3 heterocycles. The number of aryl methyl sites for hydroxylation is 1. The van der Waals surface area contributed by atoms with Crippen LogP contribution in [0, 0.1) is 6.92 Å². The van der Waals surface area contributed by atoms with Gasteiger partial charge in [0.1, 0.15) is 10.7 Å². The highest BCUT2D eigenvalue weighted by molar-refractivity contribution is 6.30. The molecule has 3 aromatic rings. The van der Waals surface area contributed by atoms with Gasteiger partial charge in [0.15, 0.2) is 0 Å². The molecule has 0 amide bonds. The molecule has 0 unspecified atom stereocenters. The lowest BCUT2D eigenvalue weighted by Crippen LogP contribution is -2.14. The molecule has 0 aromatic carbocycles. The fourth-order valence-corrected chi connectivity index (χ4v) is 2.30. The van der Waals surface area contributed by atoms with Gasteiger partial charge in [-0.25, -0.2) is 9.97 Å². The topological polar surface area (TPSA) is 56.5 Å². The van der Waals surface area contributed by atoms with Crippen LogP contribution in [0.15, 0.2) is 41.6 Å². The zero-order valence-corrected chi connectivity index (χ0v) is 12.3. The third-order valence-corrected chi connectivity index (χ3v) is 3.48. The second-order valence-electron chi connectivity index (χ2n) is 4.61. The summed E-state index contributed by atoms with van der Waals surface area (Å²) in [4.78, 5) is 20.4. The highest BCUT2D eigenvalue weighted by Crippen LogP contribution is 2.23. The van der Waals surface area contributed by atoms with Crippen molar-refractivity contribution in [3.05, 3.63) is 57.7 Å². The Morgan fingerprint density at radius 2 is 2.00 bits per heavy atom. The van der Waals surface area contributed by atoms with E-state index in [1.54, 1.807) is 25.6 Å². The molecule has 3 aromatic heterocycles. The van der Waals surface area contributed by atoms with Crippen molar-refractivity contribution in [1.29, 1.82) is 0 Å². The molecule has 0 bridgehead atoms. The molecule has 106 valence electrons. The van der Waals surface area contributed by atoms with Crippen LogP contribution in [0.4, 0.5) is 0 Å². The van der Waals surface area contributed by atoms with Crippen LogP contribution in [0.5, 0.6) is 5.88 Å². The van der Waals surface area contributed by atoms with E-state index in [1.807, 2.05) is 19.1 Å². The molecule has 0 aliphatic heterocycles. The molecule has 6 heteroatoms. The molecule has 0 saturated carbocycles. The van der Waals surface area contributed by atoms with Gasteiger partial charge >= 0.3 is 0 Å². The van der Waals surface area contributed by atoms with Gasteiger partial charge in [0.2, 0.25) is 5.88 Å². The Labute approximate surface area is 125 Å². The van der Waals surface area contributed by atoms with Gasteiger partial charge in [-0.2, -0.15) is 0 Å². The van der Waals surface area contributed by atoms with E-state index < -0.39 is 0 Å². The minimum absolute atomic E-state index is 0.0914.